The van der Waals surface area contributed by atoms with Gasteiger partial charge in [-0.3, -0.25) is 14.3 Å². The maximum atomic E-state index is 12.6. The average Bonchev–Trinajstić information content (AvgIpc) is 3.19. The summed E-state index contributed by atoms with van der Waals surface area (Å²) in [6.45, 7) is 1.37. The highest BCUT2D eigenvalue weighted by atomic mass is 32.2. The molecule has 0 unspecified atom stereocenters. The van der Waals surface area contributed by atoms with Crippen LogP contribution in [0, 0.1) is 0 Å². The number of hydrogen-bond donors (Lipinski definition) is 3. The van der Waals surface area contributed by atoms with E-state index >= 15 is 0 Å². The normalized spacial score (nSPS) is 11.2. The van der Waals surface area contributed by atoms with Gasteiger partial charge < -0.3 is 10.6 Å². The Hall–Kier alpha value is -3.76. The van der Waals surface area contributed by atoms with Gasteiger partial charge in [-0.15, -0.1) is 11.3 Å². The molecule has 4 aromatic rings. The summed E-state index contributed by atoms with van der Waals surface area (Å²) in [5.74, 6) is -0.497. The van der Waals surface area contributed by atoms with Crippen LogP contribution in [-0.4, -0.2) is 25.2 Å². The lowest BCUT2D eigenvalue weighted by atomic mass is 10.1. The molecule has 3 aromatic carbocycles. The van der Waals surface area contributed by atoms with Gasteiger partial charge in [0.1, 0.15) is 0 Å². The zero-order valence-electron chi connectivity index (χ0n) is 17.5. The van der Waals surface area contributed by atoms with Crippen molar-refractivity contribution in [3.8, 4) is 0 Å². The summed E-state index contributed by atoms with van der Waals surface area (Å²) < 4.78 is 27.7. The lowest BCUT2D eigenvalue weighted by Crippen LogP contribution is -2.15. The quantitative estimate of drug-likeness (QED) is 0.366. The first-order valence-corrected chi connectivity index (χ1v) is 12.3. The minimum Gasteiger partial charge on any atom is -0.326 e. The van der Waals surface area contributed by atoms with E-state index in [0.29, 0.717) is 17.1 Å². The topological polar surface area (TPSA) is 117 Å². The molecule has 0 aliphatic rings. The van der Waals surface area contributed by atoms with Gasteiger partial charge in [0.15, 0.2) is 5.13 Å². The summed E-state index contributed by atoms with van der Waals surface area (Å²) in [6, 6.07) is 19.2. The van der Waals surface area contributed by atoms with Gasteiger partial charge in [-0.2, -0.15) is 0 Å². The number of carbonyl (C=O) groups is 2. The molecular weight excluding hydrogens is 460 g/mol. The fraction of sp³-hybridized carbons (Fsp3) is 0.0870. The van der Waals surface area contributed by atoms with Crippen LogP contribution in [0.5, 0.6) is 0 Å². The second-order valence-corrected chi connectivity index (χ2v) is 9.75. The molecule has 0 saturated heterocycles. The molecule has 1 heterocycles. The number of hydrogen-bond acceptors (Lipinski definition) is 6. The Kier molecular flexibility index (Phi) is 6.38. The van der Waals surface area contributed by atoms with Crippen LogP contribution in [0.2, 0.25) is 0 Å². The number of nitrogens with one attached hydrogen (secondary N) is 3. The Morgan fingerprint density at radius 3 is 2.42 bits per heavy atom. The summed E-state index contributed by atoms with van der Waals surface area (Å²) in [5.41, 5.74) is 1.66. The molecule has 0 aliphatic heterocycles. The predicted molar refractivity (Wildman–Crippen MR) is 130 cm³/mol. The van der Waals surface area contributed by atoms with Crippen LogP contribution in [0.15, 0.2) is 77.0 Å². The summed E-state index contributed by atoms with van der Waals surface area (Å²) in [7, 11) is -3.86. The van der Waals surface area contributed by atoms with E-state index in [1.54, 1.807) is 5.38 Å². The Balaban J connectivity index is 1.41. The Labute approximate surface area is 194 Å². The monoisotopic (exact) mass is 480 g/mol. The van der Waals surface area contributed by atoms with Gasteiger partial charge in [0.25, 0.3) is 10.0 Å². The predicted octanol–water partition coefficient (Wildman–Crippen LogP) is 4.24. The van der Waals surface area contributed by atoms with Gasteiger partial charge in [0.05, 0.1) is 17.0 Å². The maximum Gasteiger partial charge on any atom is 0.263 e. The summed E-state index contributed by atoms with van der Waals surface area (Å²) in [6.07, 6.45) is 0.00681. The second-order valence-electron chi connectivity index (χ2n) is 7.21. The highest BCUT2D eigenvalue weighted by Crippen LogP contribution is 2.24. The van der Waals surface area contributed by atoms with Crippen LogP contribution in [0.1, 0.15) is 12.6 Å². The molecule has 3 N–H and O–H groups in total. The molecule has 0 radical (unpaired) electrons. The number of fused-ring (bicyclic) bond motifs is 1. The van der Waals surface area contributed by atoms with Crippen LogP contribution in [-0.2, 0) is 26.0 Å². The SMILES string of the molecule is CC(=O)Nc1ccc(S(=O)(=O)Nc2nc(CC(=O)Nc3cccc4ccccc34)cs2)cc1. The van der Waals surface area contributed by atoms with Crippen LogP contribution in [0.25, 0.3) is 10.8 Å². The largest absolute Gasteiger partial charge is 0.326 e. The molecule has 0 fully saturated rings. The van der Waals surface area contributed by atoms with E-state index in [1.807, 2.05) is 42.5 Å². The van der Waals surface area contributed by atoms with Crippen molar-refractivity contribution in [3.05, 3.63) is 77.8 Å². The van der Waals surface area contributed by atoms with Gasteiger partial charge in [0, 0.05) is 29.1 Å². The fourth-order valence-corrected chi connectivity index (χ4v) is 5.19. The highest BCUT2D eigenvalue weighted by molar-refractivity contribution is 7.93. The lowest BCUT2D eigenvalue weighted by molar-refractivity contribution is -0.116. The van der Waals surface area contributed by atoms with E-state index < -0.39 is 10.0 Å². The Bertz CT molecular complexity index is 1430. The lowest BCUT2D eigenvalue weighted by Gasteiger charge is -2.08. The van der Waals surface area contributed by atoms with Gasteiger partial charge in [-0.05, 0) is 35.7 Å². The van der Waals surface area contributed by atoms with Crippen molar-refractivity contribution in [2.75, 3.05) is 15.4 Å². The fourth-order valence-electron chi connectivity index (χ4n) is 3.22. The van der Waals surface area contributed by atoms with Crippen molar-refractivity contribution in [1.29, 1.82) is 0 Å². The molecule has 168 valence electrons. The van der Waals surface area contributed by atoms with Crippen LogP contribution in [0.4, 0.5) is 16.5 Å². The Morgan fingerprint density at radius 1 is 0.939 bits per heavy atom. The van der Waals surface area contributed by atoms with E-state index in [9.17, 15) is 18.0 Å². The number of aromatic nitrogens is 1. The van der Waals surface area contributed by atoms with Crippen molar-refractivity contribution < 1.29 is 18.0 Å². The molecule has 8 nitrogen and oxygen atoms in total. The number of rotatable bonds is 7. The van der Waals surface area contributed by atoms with Crippen LogP contribution in [0.3, 0.4) is 0 Å². The highest BCUT2D eigenvalue weighted by Gasteiger charge is 2.17. The molecule has 0 aliphatic carbocycles. The number of nitrogens with zero attached hydrogens (tertiary/aromatic N) is 1. The zero-order chi connectivity index (χ0) is 23.4. The Morgan fingerprint density at radius 2 is 1.67 bits per heavy atom. The minimum atomic E-state index is -3.86. The van der Waals surface area contributed by atoms with Gasteiger partial charge in [-0.25, -0.2) is 13.4 Å². The first-order valence-electron chi connectivity index (χ1n) is 9.93. The van der Waals surface area contributed by atoms with Crippen molar-refractivity contribution in [1.82, 2.24) is 4.98 Å². The van der Waals surface area contributed by atoms with Crippen molar-refractivity contribution >= 4 is 60.5 Å². The molecule has 10 heteroatoms. The molecule has 0 spiro atoms. The third-order valence-electron chi connectivity index (χ3n) is 4.66. The van der Waals surface area contributed by atoms with E-state index in [1.165, 1.54) is 31.2 Å². The first kappa shape index (κ1) is 22.4. The molecule has 0 bridgehead atoms. The van der Waals surface area contributed by atoms with Crippen molar-refractivity contribution in [3.63, 3.8) is 0 Å². The van der Waals surface area contributed by atoms with Gasteiger partial charge in [0.2, 0.25) is 11.8 Å². The third kappa shape index (κ3) is 5.54. The summed E-state index contributed by atoms with van der Waals surface area (Å²) in [4.78, 5) is 27.9. The number of anilines is 3. The van der Waals surface area contributed by atoms with E-state index in [2.05, 4.69) is 20.3 Å². The molecule has 33 heavy (non-hydrogen) atoms. The molecule has 4 rings (SSSR count). The van der Waals surface area contributed by atoms with Gasteiger partial charge >= 0.3 is 0 Å². The van der Waals surface area contributed by atoms with E-state index in [4.69, 9.17) is 0 Å². The smallest absolute Gasteiger partial charge is 0.263 e. The van der Waals surface area contributed by atoms with E-state index in [-0.39, 0.29) is 28.3 Å². The average molecular weight is 481 g/mol. The molecule has 2 amide bonds. The summed E-state index contributed by atoms with van der Waals surface area (Å²) >= 11 is 1.10. The van der Waals surface area contributed by atoms with Gasteiger partial charge in [-0.1, -0.05) is 36.4 Å². The maximum absolute atomic E-state index is 12.6. The molecule has 0 atom stereocenters. The van der Waals surface area contributed by atoms with Crippen molar-refractivity contribution in [2.24, 2.45) is 0 Å². The number of thiazole rings is 1. The number of carbonyl (C=O) groups excluding carboxylic acids is 2. The van der Waals surface area contributed by atoms with E-state index in [0.717, 1.165) is 22.1 Å². The standard InChI is InChI=1S/C23H20N4O4S2/c1-15(28)24-17-9-11-19(12-10-17)33(30,31)27-23-25-18(14-32-23)13-22(29)26-21-8-4-6-16-5-2-3-7-20(16)21/h2-12,14H,13H2,1H3,(H,24,28)(H,25,27)(H,26,29). The molecular formula is C23H20N4O4S2. The molecule has 1 aromatic heterocycles. The first-order chi connectivity index (χ1) is 15.8. The number of benzene rings is 3. The number of sulfonamides is 1. The minimum absolute atomic E-state index is 0.00681. The van der Waals surface area contributed by atoms with Crippen molar-refractivity contribution in [2.45, 2.75) is 18.2 Å². The molecule has 0 saturated carbocycles. The second kappa shape index (κ2) is 9.39. The third-order valence-corrected chi connectivity index (χ3v) is 6.95. The zero-order valence-corrected chi connectivity index (χ0v) is 19.2. The summed E-state index contributed by atoms with van der Waals surface area (Å²) in [5, 5.41) is 9.23. The van der Waals surface area contributed by atoms with Crippen LogP contribution >= 0.6 is 11.3 Å². The number of amides is 2. The van der Waals surface area contributed by atoms with Crippen LogP contribution < -0.4 is 15.4 Å².